The summed E-state index contributed by atoms with van der Waals surface area (Å²) in [7, 11) is 1.75. The van der Waals surface area contributed by atoms with Gasteiger partial charge in [-0.2, -0.15) is 5.10 Å². The zero-order valence-electron chi connectivity index (χ0n) is 21.6. The van der Waals surface area contributed by atoms with Gasteiger partial charge in [0.2, 0.25) is 5.95 Å². The van der Waals surface area contributed by atoms with Crippen molar-refractivity contribution >= 4 is 22.6 Å². The Morgan fingerprint density at radius 3 is 2.72 bits per heavy atom. The molecule has 0 bridgehead atoms. The lowest BCUT2D eigenvalue weighted by Gasteiger charge is -2.28. The van der Waals surface area contributed by atoms with Crippen LogP contribution in [0.1, 0.15) is 58.6 Å². The minimum atomic E-state index is -0.584. The van der Waals surface area contributed by atoms with Gasteiger partial charge in [0, 0.05) is 43.3 Å². The van der Waals surface area contributed by atoms with Crippen molar-refractivity contribution in [2.24, 2.45) is 0 Å². The largest absolute Gasteiger partial charge is 0.381 e. The van der Waals surface area contributed by atoms with E-state index in [1.807, 2.05) is 12.1 Å². The monoisotopic (exact) mass is 528 g/mol. The van der Waals surface area contributed by atoms with Gasteiger partial charge < -0.3 is 15.0 Å². The number of carbonyl (C=O) groups excluding carboxylic acids is 1. The number of anilines is 1. The highest BCUT2D eigenvalue weighted by atomic mass is 19.1. The van der Waals surface area contributed by atoms with Crippen molar-refractivity contribution in [2.75, 3.05) is 12.4 Å². The van der Waals surface area contributed by atoms with Crippen molar-refractivity contribution in [2.45, 2.75) is 57.3 Å². The Balaban J connectivity index is 1.17. The second kappa shape index (κ2) is 10.5. The van der Waals surface area contributed by atoms with Crippen LogP contribution in [0, 0.1) is 5.82 Å². The van der Waals surface area contributed by atoms with Gasteiger partial charge in [-0.05, 0) is 49.4 Å². The number of rotatable bonds is 6. The van der Waals surface area contributed by atoms with Gasteiger partial charge in [-0.25, -0.2) is 19.5 Å². The highest BCUT2D eigenvalue weighted by Gasteiger charge is 2.29. The van der Waals surface area contributed by atoms with Crippen LogP contribution in [0.3, 0.4) is 0 Å². The first-order valence-corrected chi connectivity index (χ1v) is 13.2. The maximum Gasteiger partial charge on any atom is 0.272 e. The molecule has 1 fully saturated rings. The maximum absolute atomic E-state index is 14.9. The average molecular weight is 529 g/mol. The van der Waals surface area contributed by atoms with Crippen LogP contribution < -0.4 is 10.9 Å². The van der Waals surface area contributed by atoms with Gasteiger partial charge in [-0.15, -0.1) is 0 Å². The minimum Gasteiger partial charge on any atom is -0.381 e. The third-order valence-electron chi connectivity index (χ3n) is 7.69. The zero-order valence-corrected chi connectivity index (χ0v) is 21.6. The van der Waals surface area contributed by atoms with Gasteiger partial charge in [0.1, 0.15) is 5.82 Å². The van der Waals surface area contributed by atoms with Gasteiger partial charge in [-0.3, -0.25) is 9.59 Å². The number of halogens is 1. The number of amides is 1. The van der Waals surface area contributed by atoms with Crippen LogP contribution in [-0.2, 0) is 24.2 Å². The van der Waals surface area contributed by atoms with Gasteiger partial charge in [0.05, 0.1) is 35.0 Å². The maximum atomic E-state index is 14.9. The Morgan fingerprint density at radius 1 is 1.13 bits per heavy atom. The molecule has 6 rings (SSSR count). The molecule has 0 spiro atoms. The first-order chi connectivity index (χ1) is 19.0. The van der Waals surface area contributed by atoms with Gasteiger partial charge in [0.25, 0.3) is 11.5 Å². The van der Waals surface area contributed by atoms with E-state index in [4.69, 9.17) is 4.74 Å². The summed E-state index contributed by atoms with van der Waals surface area (Å²) in [5, 5.41) is 11.4. The first-order valence-electron chi connectivity index (χ1n) is 13.2. The molecule has 0 unspecified atom stereocenters. The van der Waals surface area contributed by atoms with E-state index in [2.05, 4.69) is 25.5 Å². The number of ether oxygens (including phenoxy) is 1. The molecule has 0 radical (unpaired) electrons. The fraction of sp³-hybridized carbons (Fsp3) is 0.345. The third kappa shape index (κ3) is 5.12. The number of benzene rings is 2. The lowest BCUT2D eigenvalue weighted by atomic mass is 9.93. The molecule has 10 heteroatoms. The van der Waals surface area contributed by atoms with Crippen LogP contribution in [-0.4, -0.2) is 50.2 Å². The molecule has 2 N–H and O–H groups in total. The minimum absolute atomic E-state index is 0.00440. The summed E-state index contributed by atoms with van der Waals surface area (Å²) in [6, 6.07) is 12.0. The van der Waals surface area contributed by atoms with E-state index >= 15 is 0 Å². The van der Waals surface area contributed by atoms with Crippen LogP contribution in [0.25, 0.3) is 10.8 Å². The molecule has 39 heavy (non-hydrogen) atoms. The summed E-state index contributed by atoms with van der Waals surface area (Å²) in [4.78, 5) is 36.2. The summed E-state index contributed by atoms with van der Waals surface area (Å²) in [6.45, 7) is 0.612. The molecule has 2 aliphatic rings. The smallest absolute Gasteiger partial charge is 0.272 e. The Kier molecular flexibility index (Phi) is 6.78. The summed E-state index contributed by atoms with van der Waals surface area (Å²) >= 11 is 0. The average Bonchev–Trinajstić information content (AvgIpc) is 3.39. The predicted octanol–water partition coefficient (Wildman–Crippen LogP) is 3.97. The zero-order chi connectivity index (χ0) is 26.9. The first kappa shape index (κ1) is 25.1. The molecule has 1 aliphatic carbocycles. The SMILES string of the molecule is COC1CCC(Nc2ncc3c(n2)CN(C(=O)c2cc(Cc4n[nH]c(=O)c5ccccc45)ccc2F)C3)CC1. The predicted molar refractivity (Wildman–Crippen MR) is 144 cm³/mol. The van der Waals surface area contributed by atoms with Crippen molar-refractivity contribution in [3.63, 3.8) is 0 Å². The number of methoxy groups -OCH3 is 1. The van der Waals surface area contributed by atoms with E-state index in [1.54, 1.807) is 42.5 Å². The van der Waals surface area contributed by atoms with E-state index < -0.39 is 11.7 Å². The molecule has 9 nitrogen and oxygen atoms in total. The van der Waals surface area contributed by atoms with Gasteiger partial charge in [-0.1, -0.05) is 24.3 Å². The molecule has 1 saturated carbocycles. The quantitative estimate of drug-likeness (QED) is 0.389. The summed E-state index contributed by atoms with van der Waals surface area (Å²) in [5.74, 6) is -0.434. The number of aromatic amines is 1. The standard InChI is InChI=1S/C29H29FN6O3/c1-39-20-9-7-19(8-10-20)32-29-31-14-18-15-36(16-26(18)33-29)28(38)23-12-17(6-11-24(23)30)13-25-21-4-2-3-5-22(21)27(37)35-34-25/h2-6,11-12,14,19-20H,7-10,13,15-16H2,1H3,(H,35,37)(H,31,32,33). The Labute approximate surface area is 224 Å². The molecule has 200 valence electrons. The molecule has 3 heterocycles. The van der Waals surface area contributed by atoms with E-state index in [0.717, 1.165) is 47.9 Å². The molecule has 1 aliphatic heterocycles. The molecule has 0 saturated heterocycles. The summed E-state index contributed by atoms with van der Waals surface area (Å²) in [5.41, 5.74) is 2.72. The second-order valence-corrected chi connectivity index (χ2v) is 10.2. The lowest BCUT2D eigenvalue weighted by Crippen LogP contribution is -2.30. The topological polar surface area (TPSA) is 113 Å². The van der Waals surface area contributed by atoms with Crippen molar-refractivity contribution in [1.82, 2.24) is 25.1 Å². The lowest BCUT2D eigenvalue weighted by molar-refractivity contribution is 0.0681. The van der Waals surface area contributed by atoms with Gasteiger partial charge in [0.15, 0.2) is 0 Å². The number of hydrogen-bond acceptors (Lipinski definition) is 7. The van der Waals surface area contributed by atoms with Gasteiger partial charge >= 0.3 is 0 Å². The summed E-state index contributed by atoms with van der Waals surface area (Å²) < 4.78 is 20.3. The van der Waals surface area contributed by atoms with E-state index in [0.29, 0.717) is 42.1 Å². The Bertz CT molecular complexity index is 1600. The van der Waals surface area contributed by atoms with Crippen molar-refractivity contribution in [1.29, 1.82) is 0 Å². The molecule has 0 atom stereocenters. The van der Waals surface area contributed by atoms with E-state index in [9.17, 15) is 14.0 Å². The Morgan fingerprint density at radius 2 is 1.92 bits per heavy atom. The van der Waals surface area contributed by atoms with Crippen molar-refractivity contribution < 1.29 is 13.9 Å². The molecule has 2 aromatic carbocycles. The fourth-order valence-electron chi connectivity index (χ4n) is 5.51. The molecular weight excluding hydrogens is 499 g/mol. The fourth-order valence-corrected chi connectivity index (χ4v) is 5.51. The third-order valence-corrected chi connectivity index (χ3v) is 7.69. The highest BCUT2D eigenvalue weighted by molar-refractivity contribution is 5.95. The molecule has 2 aromatic heterocycles. The van der Waals surface area contributed by atoms with Crippen molar-refractivity contribution in [3.8, 4) is 0 Å². The van der Waals surface area contributed by atoms with Crippen LogP contribution in [0.2, 0.25) is 0 Å². The number of hydrogen-bond donors (Lipinski definition) is 2. The highest BCUT2D eigenvalue weighted by Crippen LogP contribution is 2.27. The number of nitrogens with zero attached hydrogens (tertiary/aromatic N) is 4. The Hall–Kier alpha value is -4.18. The van der Waals surface area contributed by atoms with E-state index in [1.165, 1.54) is 6.07 Å². The molecule has 4 aromatic rings. The number of aromatic nitrogens is 4. The molecular formula is C29H29FN6O3. The summed E-state index contributed by atoms with van der Waals surface area (Å²) in [6.07, 6.45) is 6.38. The van der Waals surface area contributed by atoms with Crippen LogP contribution in [0.15, 0.2) is 53.5 Å². The normalized spacial score (nSPS) is 18.8. The number of H-pyrrole nitrogens is 1. The number of nitrogens with one attached hydrogen (secondary N) is 2. The number of carbonyl (C=O) groups is 1. The van der Waals surface area contributed by atoms with Crippen LogP contribution >= 0.6 is 0 Å². The number of fused-ring (bicyclic) bond motifs is 2. The molecule has 1 amide bonds. The van der Waals surface area contributed by atoms with E-state index in [-0.39, 0.29) is 17.7 Å². The second-order valence-electron chi connectivity index (χ2n) is 10.2. The van der Waals surface area contributed by atoms with Crippen LogP contribution in [0.5, 0.6) is 0 Å². The van der Waals surface area contributed by atoms with Crippen molar-refractivity contribution in [3.05, 3.63) is 92.9 Å². The van der Waals surface area contributed by atoms with Crippen LogP contribution in [0.4, 0.5) is 10.3 Å².